The quantitative estimate of drug-likeness (QED) is 0.479. The number of ether oxygens (including phenoxy) is 1. The standard InChI is InChI=1S/C27H49F2N5O/c28-23-5-1-20(2-6-23)18-31-26-17-22(9-10-30-26)25-19-34(12-11-33-13-15-35-16-14-33)32-27(25)21-3-7-24(29)8-4-21/h20-27,30-32H,1-19H2. The van der Waals surface area contributed by atoms with Gasteiger partial charge < -0.3 is 15.4 Å². The summed E-state index contributed by atoms with van der Waals surface area (Å²) in [7, 11) is 0. The maximum atomic E-state index is 13.9. The van der Waals surface area contributed by atoms with E-state index in [0.29, 0.717) is 35.9 Å². The summed E-state index contributed by atoms with van der Waals surface area (Å²) in [4.78, 5) is 2.52. The average molecular weight is 498 g/mol. The maximum absolute atomic E-state index is 13.9. The number of nitrogens with one attached hydrogen (secondary N) is 3. The summed E-state index contributed by atoms with van der Waals surface area (Å²) < 4.78 is 33.0. The van der Waals surface area contributed by atoms with E-state index in [-0.39, 0.29) is 0 Å². The lowest BCUT2D eigenvalue weighted by molar-refractivity contribution is 0.0313. The van der Waals surface area contributed by atoms with Crippen molar-refractivity contribution in [3.05, 3.63) is 0 Å². The highest BCUT2D eigenvalue weighted by atomic mass is 19.1. The van der Waals surface area contributed by atoms with Gasteiger partial charge in [0.1, 0.15) is 12.3 Å². The maximum Gasteiger partial charge on any atom is 0.100 e. The topological polar surface area (TPSA) is 51.8 Å². The molecule has 5 fully saturated rings. The lowest BCUT2D eigenvalue weighted by Gasteiger charge is -2.39. The van der Waals surface area contributed by atoms with Gasteiger partial charge in [0.2, 0.25) is 0 Å². The van der Waals surface area contributed by atoms with Gasteiger partial charge in [0.25, 0.3) is 0 Å². The number of hydrogen-bond acceptors (Lipinski definition) is 6. The van der Waals surface area contributed by atoms with Gasteiger partial charge in [0.05, 0.1) is 19.4 Å². The highest BCUT2D eigenvalue weighted by Gasteiger charge is 2.43. The summed E-state index contributed by atoms with van der Waals surface area (Å²) in [5, 5.41) is 10.0. The van der Waals surface area contributed by atoms with Crippen LogP contribution in [0.2, 0.25) is 0 Å². The van der Waals surface area contributed by atoms with E-state index in [9.17, 15) is 8.78 Å². The van der Waals surface area contributed by atoms with Gasteiger partial charge in [-0.2, -0.15) is 0 Å². The number of nitrogens with zero attached hydrogens (tertiary/aromatic N) is 2. The van der Waals surface area contributed by atoms with Crippen LogP contribution in [0.5, 0.6) is 0 Å². The van der Waals surface area contributed by atoms with Crippen molar-refractivity contribution in [1.29, 1.82) is 0 Å². The Balaban J connectivity index is 1.15. The molecule has 0 aromatic heterocycles. The lowest BCUT2D eigenvalue weighted by Crippen LogP contribution is -2.52. The van der Waals surface area contributed by atoms with Crippen molar-refractivity contribution >= 4 is 0 Å². The Kier molecular flexibility index (Phi) is 9.68. The van der Waals surface area contributed by atoms with Crippen LogP contribution in [-0.4, -0.2) is 93.5 Å². The first kappa shape index (κ1) is 26.2. The van der Waals surface area contributed by atoms with Gasteiger partial charge in [-0.25, -0.2) is 13.8 Å². The van der Waals surface area contributed by atoms with Crippen LogP contribution in [0.25, 0.3) is 0 Å². The molecule has 3 N–H and O–H groups in total. The number of morpholine rings is 1. The summed E-state index contributed by atoms with van der Waals surface area (Å²) in [6.45, 7) is 9.10. The molecule has 0 bridgehead atoms. The Bertz CT molecular complexity index is 623. The molecule has 3 aliphatic heterocycles. The molecule has 5 rings (SSSR count). The summed E-state index contributed by atoms with van der Waals surface area (Å²) in [5.41, 5.74) is 3.94. The minimum Gasteiger partial charge on any atom is -0.379 e. The molecular weight excluding hydrogens is 448 g/mol. The minimum absolute atomic E-state index is 0.362. The molecule has 0 amide bonds. The van der Waals surface area contributed by atoms with Crippen molar-refractivity contribution in [3.63, 3.8) is 0 Å². The third-order valence-electron chi connectivity index (χ3n) is 9.70. The molecule has 5 aliphatic rings. The molecule has 35 heavy (non-hydrogen) atoms. The molecular formula is C27H49F2N5O. The smallest absolute Gasteiger partial charge is 0.100 e. The molecule has 3 heterocycles. The predicted octanol–water partition coefficient (Wildman–Crippen LogP) is 3.10. The Morgan fingerprint density at radius 3 is 2.29 bits per heavy atom. The van der Waals surface area contributed by atoms with E-state index in [1.807, 2.05) is 0 Å². The van der Waals surface area contributed by atoms with Crippen LogP contribution in [0.3, 0.4) is 0 Å². The van der Waals surface area contributed by atoms with Crippen molar-refractivity contribution in [3.8, 4) is 0 Å². The van der Waals surface area contributed by atoms with Gasteiger partial charge in [-0.3, -0.25) is 10.3 Å². The number of piperidine rings is 1. The van der Waals surface area contributed by atoms with E-state index in [2.05, 4.69) is 26.0 Å². The van der Waals surface area contributed by atoms with Crippen LogP contribution in [0.4, 0.5) is 8.78 Å². The van der Waals surface area contributed by atoms with Crippen molar-refractivity contribution in [2.75, 3.05) is 59.0 Å². The zero-order valence-electron chi connectivity index (χ0n) is 21.6. The van der Waals surface area contributed by atoms with Gasteiger partial charge in [-0.05, 0) is 101 Å². The lowest BCUT2D eigenvalue weighted by atomic mass is 9.72. The largest absolute Gasteiger partial charge is 0.379 e. The summed E-state index contributed by atoms with van der Waals surface area (Å²) in [5.74, 6) is 2.53. The number of hydrogen-bond donors (Lipinski definition) is 3. The Labute approximate surface area is 211 Å². The Morgan fingerprint density at radius 2 is 1.54 bits per heavy atom. The van der Waals surface area contributed by atoms with Crippen LogP contribution in [0.15, 0.2) is 0 Å². The highest BCUT2D eigenvalue weighted by molar-refractivity contribution is 4.96. The number of alkyl halides is 2. The van der Waals surface area contributed by atoms with Gasteiger partial charge in [-0.15, -0.1) is 0 Å². The molecule has 3 saturated heterocycles. The van der Waals surface area contributed by atoms with E-state index in [4.69, 9.17) is 4.74 Å². The second-order valence-corrected chi connectivity index (χ2v) is 12.0. The fraction of sp³-hybridized carbons (Fsp3) is 1.00. The Morgan fingerprint density at radius 1 is 0.829 bits per heavy atom. The number of rotatable bonds is 8. The van der Waals surface area contributed by atoms with Crippen LogP contribution in [-0.2, 0) is 4.74 Å². The van der Waals surface area contributed by atoms with Crippen molar-refractivity contribution in [1.82, 2.24) is 26.0 Å². The normalized spacial score (nSPS) is 42.3. The molecule has 4 atom stereocenters. The third kappa shape index (κ3) is 7.35. The molecule has 0 aromatic rings. The van der Waals surface area contributed by atoms with Crippen LogP contribution in [0.1, 0.15) is 64.2 Å². The van der Waals surface area contributed by atoms with Gasteiger partial charge in [0, 0.05) is 38.8 Å². The molecule has 0 spiro atoms. The van der Waals surface area contributed by atoms with E-state index in [0.717, 1.165) is 117 Å². The first-order chi connectivity index (χ1) is 17.1. The zero-order chi connectivity index (χ0) is 24.0. The summed E-state index contributed by atoms with van der Waals surface area (Å²) in [6, 6.07) is 0.482. The Hall–Kier alpha value is -0.380. The van der Waals surface area contributed by atoms with Crippen LogP contribution < -0.4 is 16.1 Å². The van der Waals surface area contributed by atoms with Crippen molar-refractivity contribution < 1.29 is 13.5 Å². The zero-order valence-corrected chi connectivity index (χ0v) is 21.6. The van der Waals surface area contributed by atoms with Gasteiger partial charge >= 0.3 is 0 Å². The molecule has 2 saturated carbocycles. The fourth-order valence-corrected chi connectivity index (χ4v) is 7.43. The molecule has 8 heteroatoms. The monoisotopic (exact) mass is 497 g/mol. The van der Waals surface area contributed by atoms with Crippen LogP contribution >= 0.6 is 0 Å². The van der Waals surface area contributed by atoms with E-state index >= 15 is 0 Å². The third-order valence-corrected chi connectivity index (χ3v) is 9.70. The minimum atomic E-state index is -0.594. The molecule has 2 aliphatic carbocycles. The van der Waals surface area contributed by atoms with E-state index < -0.39 is 12.3 Å². The average Bonchev–Trinajstić information content (AvgIpc) is 3.33. The first-order valence-corrected chi connectivity index (χ1v) is 14.7. The fourth-order valence-electron chi connectivity index (χ4n) is 7.43. The second kappa shape index (κ2) is 12.9. The SMILES string of the molecule is FC1CCC(CNC2CC(C3CN(CCN4CCOCC4)NC3C3CCC(F)CC3)CCN2)CC1. The van der Waals surface area contributed by atoms with Crippen molar-refractivity contribution in [2.24, 2.45) is 23.7 Å². The second-order valence-electron chi connectivity index (χ2n) is 12.0. The molecule has 202 valence electrons. The van der Waals surface area contributed by atoms with Crippen molar-refractivity contribution in [2.45, 2.75) is 88.8 Å². The summed E-state index contributed by atoms with van der Waals surface area (Å²) in [6.07, 6.45) is 8.63. The predicted molar refractivity (Wildman–Crippen MR) is 135 cm³/mol. The summed E-state index contributed by atoms with van der Waals surface area (Å²) >= 11 is 0. The number of halogens is 2. The molecule has 6 nitrogen and oxygen atoms in total. The first-order valence-electron chi connectivity index (χ1n) is 14.7. The van der Waals surface area contributed by atoms with Crippen LogP contribution in [0, 0.1) is 23.7 Å². The van der Waals surface area contributed by atoms with E-state index in [1.54, 1.807) is 0 Å². The molecule has 0 aromatic carbocycles. The number of hydrazine groups is 1. The highest BCUT2D eigenvalue weighted by Crippen LogP contribution is 2.39. The van der Waals surface area contributed by atoms with Gasteiger partial charge in [0.15, 0.2) is 0 Å². The van der Waals surface area contributed by atoms with Gasteiger partial charge in [-0.1, -0.05) is 0 Å². The molecule has 4 unspecified atom stereocenters. The molecule has 0 radical (unpaired) electrons. The van der Waals surface area contributed by atoms with E-state index in [1.165, 1.54) is 6.42 Å².